The molecule has 1 aromatic heterocycles. The number of hydrogen-bond acceptors (Lipinski definition) is 2. The van der Waals surface area contributed by atoms with Crippen LogP contribution >= 0.6 is 0 Å². The lowest BCUT2D eigenvalue weighted by molar-refractivity contribution is -0.120. The van der Waals surface area contributed by atoms with Gasteiger partial charge in [0.1, 0.15) is 5.82 Å². The highest BCUT2D eigenvalue weighted by atomic mass is 19.1. The fraction of sp³-hybridized carbons (Fsp3) is 0.200. The highest BCUT2D eigenvalue weighted by Crippen LogP contribution is 2.13. The normalized spacial score (nSPS) is 10.8. The van der Waals surface area contributed by atoms with Crippen molar-refractivity contribution in [1.29, 1.82) is 0 Å². The third-order valence-electron chi connectivity index (χ3n) is 4.10. The predicted molar refractivity (Wildman–Crippen MR) is 96.1 cm³/mol. The lowest BCUT2D eigenvalue weighted by atomic mass is 10.1. The molecule has 0 bridgehead atoms. The van der Waals surface area contributed by atoms with E-state index in [1.54, 1.807) is 18.2 Å². The van der Waals surface area contributed by atoms with E-state index in [9.17, 15) is 14.0 Å². The number of aromatic nitrogens is 1. The van der Waals surface area contributed by atoms with Crippen LogP contribution in [-0.4, -0.2) is 17.4 Å². The summed E-state index contributed by atoms with van der Waals surface area (Å²) in [5, 5.41) is 3.69. The third kappa shape index (κ3) is 4.12. The Kier molecular flexibility index (Phi) is 4.93. The molecule has 0 saturated carbocycles. The smallest absolute Gasteiger partial charge is 0.251 e. The second-order valence-corrected chi connectivity index (χ2v) is 6.08. The molecule has 3 aromatic rings. The molecule has 128 valence electrons. The van der Waals surface area contributed by atoms with E-state index in [-0.39, 0.29) is 23.7 Å². The summed E-state index contributed by atoms with van der Waals surface area (Å²) >= 11 is 0. The summed E-state index contributed by atoms with van der Waals surface area (Å²) in [6, 6.07) is 13.9. The number of H-pyrrole nitrogens is 1. The first kappa shape index (κ1) is 16.9. The summed E-state index contributed by atoms with van der Waals surface area (Å²) in [6.07, 6.45) is 0.405. The molecule has 0 unspecified atom stereocenters. The van der Waals surface area contributed by atoms with Crippen LogP contribution in [0.5, 0.6) is 0 Å². The molecular weight excluding hydrogens is 319 g/mol. The topological polar surface area (TPSA) is 62.0 Å². The van der Waals surface area contributed by atoms with Crippen LogP contribution in [0.3, 0.4) is 0 Å². The van der Waals surface area contributed by atoms with Crippen molar-refractivity contribution in [3.05, 3.63) is 81.4 Å². The van der Waals surface area contributed by atoms with Gasteiger partial charge >= 0.3 is 0 Å². The first-order valence-electron chi connectivity index (χ1n) is 8.15. The van der Waals surface area contributed by atoms with Gasteiger partial charge in [-0.2, -0.15) is 0 Å². The minimum absolute atomic E-state index is 0.0139. The van der Waals surface area contributed by atoms with E-state index < -0.39 is 0 Å². The number of carbonyl (C=O) groups excluding carboxylic acids is 1. The number of benzene rings is 2. The van der Waals surface area contributed by atoms with Crippen LogP contribution in [-0.2, 0) is 17.6 Å². The Bertz CT molecular complexity index is 979. The average Bonchev–Trinajstić information content (AvgIpc) is 2.57. The first-order chi connectivity index (χ1) is 12.0. The number of nitrogens with one attached hydrogen (secondary N) is 2. The van der Waals surface area contributed by atoms with Gasteiger partial charge in [0, 0.05) is 17.6 Å². The fourth-order valence-electron chi connectivity index (χ4n) is 2.76. The zero-order valence-corrected chi connectivity index (χ0v) is 13.9. The molecule has 1 heterocycles. The molecule has 0 atom stereocenters. The van der Waals surface area contributed by atoms with Crippen LogP contribution < -0.4 is 10.9 Å². The van der Waals surface area contributed by atoms with Crippen LogP contribution in [0.25, 0.3) is 10.9 Å². The largest absolute Gasteiger partial charge is 0.355 e. The maximum absolute atomic E-state index is 13.5. The molecule has 0 aliphatic rings. The molecule has 25 heavy (non-hydrogen) atoms. The van der Waals surface area contributed by atoms with Crippen molar-refractivity contribution in [2.75, 3.05) is 6.54 Å². The number of rotatable bonds is 5. The quantitative estimate of drug-likeness (QED) is 0.751. The third-order valence-corrected chi connectivity index (χ3v) is 4.10. The van der Waals surface area contributed by atoms with Gasteiger partial charge in [-0.1, -0.05) is 30.3 Å². The van der Waals surface area contributed by atoms with Crippen molar-refractivity contribution in [2.45, 2.75) is 19.8 Å². The van der Waals surface area contributed by atoms with Gasteiger partial charge in [0.15, 0.2) is 0 Å². The molecule has 0 radical (unpaired) electrons. The van der Waals surface area contributed by atoms with E-state index in [0.717, 1.165) is 16.5 Å². The zero-order chi connectivity index (χ0) is 17.8. The van der Waals surface area contributed by atoms with E-state index >= 15 is 0 Å². The van der Waals surface area contributed by atoms with Crippen LogP contribution in [0.2, 0.25) is 0 Å². The van der Waals surface area contributed by atoms with E-state index in [0.29, 0.717) is 24.1 Å². The Labute approximate surface area is 144 Å². The standard InChI is InChI=1S/C20H19FN2O2/c1-13-6-7-15-11-16(20(25)23-18(15)10-13)8-9-22-19(24)12-14-4-2-3-5-17(14)21/h2-7,10-11H,8-9,12H2,1H3,(H,22,24)(H,23,25). The van der Waals surface area contributed by atoms with Crippen molar-refractivity contribution >= 4 is 16.8 Å². The maximum Gasteiger partial charge on any atom is 0.251 e. The van der Waals surface area contributed by atoms with Crippen LogP contribution in [0.15, 0.2) is 53.3 Å². The number of carbonyl (C=O) groups is 1. The highest BCUT2D eigenvalue weighted by molar-refractivity contribution is 5.80. The molecule has 2 N–H and O–H groups in total. The lowest BCUT2D eigenvalue weighted by Crippen LogP contribution is -2.29. The van der Waals surface area contributed by atoms with Gasteiger partial charge in [0.25, 0.3) is 5.56 Å². The van der Waals surface area contributed by atoms with Crippen molar-refractivity contribution in [2.24, 2.45) is 0 Å². The molecule has 0 fully saturated rings. The molecule has 0 saturated heterocycles. The average molecular weight is 338 g/mol. The van der Waals surface area contributed by atoms with Gasteiger partial charge in [-0.15, -0.1) is 0 Å². The van der Waals surface area contributed by atoms with Gasteiger partial charge < -0.3 is 10.3 Å². The monoisotopic (exact) mass is 338 g/mol. The number of halogens is 1. The van der Waals surface area contributed by atoms with E-state index in [2.05, 4.69) is 10.3 Å². The van der Waals surface area contributed by atoms with E-state index in [1.165, 1.54) is 6.07 Å². The first-order valence-corrected chi connectivity index (χ1v) is 8.15. The summed E-state index contributed by atoms with van der Waals surface area (Å²) in [6.45, 7) is 2.30. The van der Waals surface area contributed by atoms with Crippen molar-refractivity contribution in [1.82, 2.24) is 10.3 Å². The predicted octanol–water partition coefficient (Wildman–Crippen LogP) is 2.88. The minimum atomic E-state index is -0.390. The summed E-state index contributed by atoms with van der Waals surface area (Å²) in [4.78, 5) is 26.9. The molecule has 5 heteroatoms. The van der Waals surface area contributed by atoms with Gasteiger partial charge in [-0.3, -0.25) is 9.59 Å². The van der Waals surface area contributed by atoms with Gasteiger partial charge in [-0.05, 0) is 48.1 Å². The van der Waals surface area contributed by atoms with E-state index in [4.69, 9.17) is 0 Å². The lowest BCUT2D eigenvalue weighted by Gasteiger charge is -2.07. The number of aromatic amines is 1. The number of aryl methyl sites for hydroxylation is 1. The second kappa shape index (κ2) is 7.30. The number of amides is 1. The van der Waals surface area contributed by atoms with E-state index in [1.807, 2.05) is 31.2 Å². The molecule has 2 aromatic carbocycles. The number of fused-ring (bicyclic) bond motifs is 1. The number of hydrogen-bond donors (Lipinski definition) is 2. The molecule has 3 rings (SSSR count). The Morgan fingerprint density at radius 3 is 2.72 bits per heavy atom. The summed E-state index contributed by atoms with van der Waals surface area (Å²) in [5.41, 5.74) is 2.71. The molecule has 0 aliphatic carbocycles. The van der Waals surface area contributed by atoms with Gasteiger partial charge in [0.05, 0.1) is 6.42 Å². The molecular formula is C20H19FN2O2. The Balaban J connectivity index is 1.62. The van der Waals surface area contributed by atoms with Crippen molar-refractivity contribution < 1.29 is 9.18 Å². The van der Waals surface area contributed by atoms with Gasteiger partial charge in [0.2, 0.25) is 5.91 Å². The fourth-order valence-corrected chi connectivity index (χ4v) is 2.76. The van der Waals surface area contributed by atoms with Crippen molar-refractivity contribution in [3.63, 3.8) is 0 Å². The Morgan fingerprint density at radius 2 is 1.92 bits per heavy atom. The molecule has 1 amide bonds. The second-order valence-electron chi connectivity index (χ2n) is 6.08. The Hall–Kier alpha value is -2.95. The van der Waals surface area contributed by atoms with Crippen LogP contribution in [0, 0.1) is 12.7 Å². The summed E-state index contributed by atoms with van der Waals surface area (Å²) < 4.78 is 13.5. The molecule has 0 aliphatic heterocycles. The van der Waals surface area contributed by atoms with Crippen LogP contribution in [0.4, 0.5) is 4.39 Å². The zero-order valence-electron chi connectivity index (χ0n) is 13.9. The molecule has 4 nitrogen and oxygen atoms in total. The summed E-state index contributed by atoms with van der Waals surface area (Å²) in [5.74, 6) is -0.656. The maximum atomic E-state index is 13.5. The number of pyridine rings is 1. The van der Waals surface area contributed by atoms with Gasteiger partial charge in [-0.25, -0.2) is 4.39 Å². The highest BCUT2D eigenvalue weighted by Gasteiger charge is 2.08. The SMILES string of the molecule is Cc1ccc2cc(CCNC(=O)Cc3ccccc3F)c(=O)[nH]c2c1. The van der Waals surface area contributed by atoms with Crippen LogP contribution in [0.1, 0.15) is 16.7 Å². The summed E-state index contributed by atoms with van der Waals surface area (Å²) in [7, 11) is 0. The van der Waals surface area contributed by atoms with Crippen molar-refractivity contribution in [3.8, 4) is 0 Å². The minimum Gasteiger partial charge on any atom is -0.355 e. The molecule has 0 spiro atoms. The Morgan fingerprint density at radius 1 is 1.12 bits per heavy atom.